The largest absolute Gasteiger partial charge is 0.408 e. The molecule has 0 atom stereocenters. The summed E-state index contributed by atoms with van der Waals surface area (Å²) in [5.74, 6) is 0. The van der Waals surface area contributed by atoms with Crippen LogP contribution in [0.25, 0.3) is 0 Å². The van der Waals surface area contributed by atoms with Crippen LogP contribution in [0.5, 0.6) is 0 Å². The SMILES string of the molecule is CCC(/C=C\CBr)(CC)O[Si](CC)(CC)CC. The number of halogens is 1. The minimum Gasteiger partial charge on any atom is -0.408 e. The maximum atomic E-state index is 6.70. The number of hydrogen-bond donors (Lipinski definition) is 0. The molecule has 0 bridgehead atoms. The van der Waals surface area contributed by atoms with Crippen molar-refractivity contribution < 1.29 is 4.43 Å². The van der Waals surface area contributed by atoms with Gasteiger partial charge in [0.1, 0.15) is 0 Å². The van der Waals surface area contributed by atoms with Crippen molar-refractivity contribution >= 4 is 24.2 Å². The molecule has 0 unspecified atom stereocenters. The number of alkyl halides is 1. The molecule has 17 heavy (non-hydrogen) atoms. The van der Waals surface area contributed by atoms with Crippen molar-refractivity contribution in [1.82, 2.24) is 0 Å². The lowest BCUT2D eigenvalue weighted by molar-refractivity contribution is 0.0971. The summed E-state index contributed by atoms with van der Waals surface area (Å²) in [5.41, 5.74) is -0.0258. The summed E-state index contributed by atoms with van der Waals surface area (Å²) in [6, 6.07) is 3.68. The summed E-state index contributed by atoms with van der Waals surface area (Å²) >= 11 is 3.46. The highest BCUT2D eigenvalue weighted by molar-refractivity contribution is 9.09. The van der Waals surface area contributed by atoms with Gasteiger partial charge in [-0.15, -0.1) is 0 Å². The minimum atomic E-state index is -1.51. The molecule has 0 aromatic rings. The second-order valence-corrected chi connectivity index (χ2v) is 10.0. The van der Waals surface area contributed by atoms with E-state index in [1.54, 1.807) is 0 Å². The molecule has 0 aliphatic heterocycles. The van der Waals surface area contributed by atoms with Gasteiger partial charge in [0.15, 0.2) is 8.32 Å². The zero-order chi connectivity index (χ0) is 13.4. The molecule has 0 amide bonds. The van der Waals surface area contributed by atoms with Crippen LogP contribution in [0, 0.1) is 0 Å². The normalized spacial score (nSPS) is 13.5. The van der Waals surface area contributed by atoms with Crippen LogP contribution in [0.2, 0.25) is 18.1 Å². The number of hydrogen-bond acceptors (Lipinski definition) is 1. The molecular weight excluding hydrogens is 292 g/mol. The Morgan fingerprint density at radius 1 is 1.00 bits per heavy atom. The highest BCUT2D eigenvalue weighted by Gasteiger charge is 2.37. The first kappa shape index (κ1) is 17.4. The Labute approximate surface area is 117 Å². The third-order valence-corrected chi connectivity index (χ3v) is 9.14. The molecule has 0 fully saturated rings. The lowest BCUT2D eigenvalue weighted by atomic mass is 9.97. The van der Waals surface area contributed by atoms with Crippen molar-refractivity contribution in [1.29, 1.82) is 0 Å². The van der Waals surface area contributed by atoms with Gasteiger partial charge in [0.2, 0.25) is 0 Å². The van der Waals surface area contributed by atoms with Gasteiger partial charge in [0.05, 0.1) is 5.60 Å². The van der Waals surface area contributed by atoms with Crippen molar-refractivity contribution in [3.8, 4) is 0 Å². The molecule has 0 aromatic carbocycles. The molecule has 3 heteroatoms. The maximum absolute atomic E-state index is 6.70. The van der Waals surface area contributed by atoms with Crippen molar-refractivity contribution in [3.63, 3.8) is 0 Å². The van der Waals surface area contributed by atoms with Crippen molar-refractivity contribution in [2.75, 3.05) is 5.33 Å². The molecule has 0 aliphatic carbocycles. The Hall–Kier alpha value is 0.397. The van der Waals surface area contributed by atoms with Gasteiger partial charge < -0.3 is 4.43 Å². The van der Waals surface area contributed by atoms with Gasteiger partial charge in [-0.1, -0.05) is 62.7 Å². The minimum absolute atomic E-state index is 0.0258. The maximum Gasteiger partial charge on any atom is 0.193 e. The van der Waals surface area contributed by atoms with E-state index < -0.39 is 8.32 Å². The van der Waals surface area contributed by atoms with Gasteiger partial charge >= 0.3 is 0 Å². The van der Waals surface area contributed by atoms with Crippen molar-refractivity contribution in [2.45, 2.75) is 71.2 Å². The zero-order valence-electron chi connectivity index (χ0n) is 12.2. The lowest BCUT2D eigenvalue weighted by Crippen LogP contribution is -2.45. The fourth-order valence-electron chi connectivity index (χ4n) is 2.32. The average Bonchev–Trinajstić information content (AvgIpc) is 2.41. The monoisotopic (exact) mass is 320 g/mol. The molecule has 0 aliphatic rings. The van der Waals surface area contributed by atoms with E-state index in [4.69, 9.17) is 4.43 Å². The quantitative estimate of drug-likeness (QED) is 0.309. The second-order valence-electron chi connectivity index (χ2n) is 4.67. The third-order valence-electron chi connectivity index (χ3n) is 4.06. The van der Waals surface area contributed by atoms with E-state index in [0.29, 0.717) is 0 Å². The fourth-order valence-corrected chi connectivity index (χ4v) is 5.66. The van der Waals surface area contributed by atoms with Crippen molar-refractivity contribution in [3.05, 3.63) is 12.2 Å². The summed E-state index contributed by atoms with van der Waals surface area (Å²) in [6.07, 6.45) is 6.61. The van der Waals surface area contributed by atoms with Crippen LogP contribution >= 0.6 is 15.9 Å². The Morgan fingerprint density at radius 3 is 1.76 bits per heavy atom. The Morgan fingerprint density at radius 2 is 1.47 bits per heavy atom. The summed E-state index contributed by atoms with van der Waals surface area (Å²) in [7, 11) is -1.51. The van der Waals surface area contributed by atoms with Crippen LogP contribution in [-0.4, -0.2) is 19.2 Å². The van der Waals surface area contributed by atoms with Crippen LogP contribution < -0.4 is 0 Å². The van der Waals surface area contributed by atoms with Gasteiger partial charge in [0.25, 0.3) is 0 Å². The van der Waals surface area contributed by atoms with Gasteiger partial charge in [0, 0.05) is 5.33 Å². The summed E-state index contributed by atoms with van der Waals surface area (Å²) in [4.78, 5) is 0. The summed E-state index contributed by atoms with van der Waals surface area (Å²) < 4.78 is 6.70. The van der Waals surface area contributed by atoms with Crippen LogP contribution in [0.1, 0.15) is 47.5 Å². The molecular formula is C14H29BrOSi. The Balaban J connectivity index is 5.00. The van der Waals surface area contributed by atoms with Crippen LogP contribution in [-0.2, 0) is 4.43 Å². The van der Waals surface area contributed by atoms with E-state index in [1.807, 2.05) is 0 Å². The first-order valence-corrected chi connectivity index (χ1v) is 10.7. The Kier molecular flexibility index (Phi) is 8.69. The molecule has 1 nitrogen and oxygen atoms in total. The molecule has 0 N–H and O–H groups in total. The van der Waals surface area contributed by atoms with E-state index in [1.165, 1.54) is 18.1 Å². The van der Waals surface area contributed by atoms with E-state index in [0.717, 1.165) is 18.2 Å². The van der Waals surface area contributed by atoms with E-state index >= 15 is 0 Å². The smallest absolute Gasteiger partial charge is 0.193 e. The van der Waals surface area contributed by atoms with Gasteiger partial charge in [-0.05, 0) is 31.0 Å². The topological polar surface area (TPSA) is 9.23 Å². The second kappa shape index (κ2) is 8.49. The number of rotatable bonds is 9. The molecule has 0 rings (SSSR count). The van der Waals surface area contributed by atoms with Crippen LogP contribution in [0.15, 0.2) is 12.2 Å². The summed E-state index contributed by atoms with van der Waals surface area (Å²) in [6.45, 7) is 11.4. The van der Waals surface area contributed by atoms with Gasteiger partial charge in [-0.25, -0.2) is 0 Å². The average molecular weight is 321 g/mol. The van der Waals surface area contributed by atoms with E-state index in [-0.39, 0.29) is 5.60 Å². The van der Waals surface area contributed by atoms with Gasteiger partial charge in [-0.3, -0.25) is 0 Å². The third kappa shape index (κ3) is 4.88. The molecule has 102 valence electrons. The first-order chi connectivity index (χ1) is 8.07. The number of allylic oxidation sites excluding steroid dienone is 1. The zero-order valence-corrected chi connectivity index (χ0v) is 14.8. The highest BCUT2D eigenvalue weighted by Crippen LogP contribution is 2.33. The molecule has 0 radical (unpaired) electrons. The predicted molar refractivity (Wildman–Crippen MR) is 84.5 cm³/mol. The van der Waals surface area contributed by atoms with Crippen LogP contribution in [0.3, 0.4) is 0 Å². The van der Waals surface area contributed by atoms with E-state index in [9.17, 15) is 0 Å². The lowest BCUT2D eigenvalue weighted by Gasteiger charge is -2.40. The van der Waals surface area contributed by atoms with Gasteiger partial charge in [-0.2, -0.15) is 0 Å². The standard InChI is InChI=1S/C14H29BrOSi/c1-6-14(7-2,12-11-13-15)16-17(8-3,9-4)10-5/h11-12H,6-10,13H2,1-5H3/b12-11-. The Bertz CT molecular complexity index is 212. The highest BCUT2D eigenvalue weighted by atomic mass is 79.9. The molecule has 0 saturated heterocycles. The predicted octanol–water partition coefficient (Wildman–Crippen LogP) is 5.52. The van der Waals surface area contributed by atoms with E-state index in [2.05, 4.69) is 62.7 Å². The first-order valence-electron chi connectivity index (χ1n) is 7.01. The molecule has 0 heterocycles. The molecule has 0 aromatic heterocycles. The fraction of sp³-hybridized carbons (Fsp3) is 0.857. The molecule has 0 spiro atoms. The summed E-state index contributed by atoms with van der Waals surface area (Å²) in [5, 5.41) is 0.914. The van der Waals surface area contributed by atoms with Crippen molar-refractivity contribution in [2.24, 2.45) is 0 Å². The van der Waals surface area contributed by atoms with Crippen LogP contribution in [0.4, 0.5) is 0 Å². The molecule has 0 saturated carbocycles.